The van der Waals surface area contributed by atoms with Gasteiger partial charge in [-0.25, -0.2) is 10.5 Å². The summed E-state index contributed by atoms with van der Waals surface area (Å²) in [4.78, 5) is 3.40. The van der Waals surface area contributed by atoms with E-state index in [2.05, 4.69) is 9.73 Å². The number of hydroxylamine groups is 1. The van der Waals surface area contributed by atoms with Gasteiger partial charge >= 0.3 is 6.18 Å². The van der Waals surface area contributed by atoms with E-state index in [9.17, 15) is 13.2 Å². The summed E-state index contributed by atoms with van der Waals surface area (Å²) in [6.45, 7) is -1.56. The highest BCUT2D eigenvalue weighted by molar-refractivity contribution is 5.76. The molecule has 5 nitrogen and oxygen atoms in total. The Morgan fingerprint density at radius 2 is 2.15 bits per heavy atom. The molecule has 0 bridgehead atoms. The molecule has 0 aliphatic rings. The average molecular weight is 201 g/mol. The summed E-state index contributed by atoms with van der Waals surface area (Å²) in [6, 6.07) is 0. The molecule has 0 aromatic rings. The molecule has 0 heterocycles. The van der Waals surface area contributed by atoms with Gasteiger partial charge in [0.05, 0.1) is 13.2 Å². The molecule has 0 aromatic carbocycles. The number of nitrogens with one attached hydrogen (secondary N) is 1. The lowest BCUT2D eigenvalue weighted by molar-refractivity contribution is -0.173. The molecule has 0 spiro atoms. The zero-order valence-corrected chi connectivity index (χ0v) is 6.64. The maximum Gasteiger partial charge on any atom is 0.411 e. The molecule has 13 heavy (non-hydrogen) atoms. The van der Waals surface area contributed by atoms with E-state index in [0.717, 1.165) is 0 Å². The molecule has 0 aliphatic carbocycles. The number of rotatable bonds is 4. The van der Waals surface area contributed by atoms with Gasteiger partial charge in [0.2, 0.25) is 5.96 Å². The van der Waals surface area contributed by atoms with Gasteiger partial charge in [-0.05, 0) is 0 Å². The highest BCUT2D eigenvalue weighted by Gasteiger charge is 2.27. The Hall–Kier alpha value is -1.02. The Labute approximate surface area is 72.3 Å². The van der Waals surface area contributed by atoms with E-state index >= 15 is 0 Å². The van der Waals surface area contributed by atoms with Crippen LogP contribution in [-0.4, -0.2) is 37.1 Å². The third-order valence-corrected chi connectivity index (χ3v) is 0.898. The maximum atomic E-state index is 11.5. The SMILES string of the molecule is NC(=NCCOCC(F)(F)F)NO. The quantitative estimate of drug-likeness (QED) is 0.256. The van der Waals surface area contributed by atoms with E-state index in [-0.39, 0.29) is 19.1 Å². The molecule has 78 valence electrons. The van der Waals surface area contributed by atoms with Crippen LogP contribution < -0.4 is 11.2 Å². The number of hydrogen-bond donors (Lipinski definition) is 3. The van der Waals surface area contributed by atoms with Crippen LogP contribution in [0.4, 0.5) is 13.2 Å². The smallest absolute Gasteiger partial charge is 0.370 e. The van der Waals surface area contributed by atoms with Gasteiger partial charge in [0.1, 0.15) is 6.61 Å². The molecule has 0 saturated carbocycles. The molecular weight excluding hydrogens is 191 g/mol. The van der Waals surface area contributed by atoms with Crippen LogP contribution in [0.1, 0.15) is 0 Å². The highest BCUT2D eigenvalue weighted by Crippen LogP contribution is 2.13. The van der Waals surface area contributed by atoms with Crippen LogP contribution in [0.5, 0.6) is 0 Å². The molecule has 8 heteroatoms. The van der Waals surface area contributed by atoms with Crippen molar-refractivity contribution in [2.45, 2.75) is 6.18 Å². The Balaban J connectivity index is 3.37. The van der Waals surface area contributed by atoms with Crippen molar-refractivity contribution in [3.63, 3.8) is 0 Å². The zero-order valence-electron chi connectivity index (χ0n) is 6.64. The van der Waals surface area contributed by atoms with Crippen molar-refractivity contribution in [2.24, 2.45) is 10.7 Å². The molecule has 0 saturated heterocycles. The predicted octanol–water partition coefficient (Wildman–Crippen LogP) is -0.141. The fraction of sp³-hybridized carbons (Fsp3) is 0.800. The molecule has 0 aromatic heterocycles. The lowest BCUT2D eigenvalue weighted by Crippen LogP contribution is -2.29. The van der Waals surface area contributed by atoms with Crippen molar-refractivity contribution < 1.29 is 23.1 Å². The van der Waals surface area contributed by atoms with E-state index in [0.29, 0.717) is 0 Å². The van der Waals surface area contributed by atoms with Crippen molar-refractivity contribution in [3.05, 3.63) is 0 Å². The number of nitrogens with two attached hydrogens (primary N) is 1. The normalized spacial score (nSPS) is 13.1. The van der Waals surface area contributed by atoms with E-state index in [1.807, 2.05) is 0 Å². The molecule has 0 fully saturated rings. The largest absolute Gasteiger partial charge is 0.411 e. The number of hydrogen-bond acceptors (Lipinski definition) is 3. The third-order valence-electron chi connectivity index (χ3n) is 0.898. The number of halogens is 3. The zero-order chi connectivity index (χ0) is 10.3. The van der Waals surface area contributed by atoms with Crippen molar-refractivity contribution in [3.8, 4) is 0 Å². The standard InChI is InChI=1S/C5H10F3N3O2/c6-5(7,8)3-13-2-1-10-4(9)11-12/h12H,1-3H2,(H3,9,10,11). The van der Waals surface area contributed by atoms with Crippen LogP contribution in [-0.2, 0) is 4.74 Å². The molecule has 0 unspecified atom stereocenters. The minimum Gasteiger partial charge on any atom is -0.370 e. The van der Waals surface area contributed by atoms with E-state index in [4.69, 9.17) is 10.9 Å². The second kappa shape index (κ2) is 5.60. The van der Waals surface area contributed by atoms with Crippen LogP contribution in [0.25, 0.3) is 0 Å². The van der Waals surface area contributed by atoms with Crippen LogP contribution in [0.2, 0.25) is 0 Å². The highest BCUT2D eigenvalue weighted by atomic mass is 19.4. The molecule has 0 rings (SSSR count). The molecular formula is C5H10F3N3O2. The molecule has 0 aliphatic heterocycles. The van der Waals surface area contributed by atoms with Gasteiger partial charge in [0.15, 0.2) is 0 Å². The molecule has 4 N–H and O–H groups in total. The number of nitrogens with zero attached hydrogens (tertiary/aromatic N) is 1. The Morgan fingerprint density at radius 1 is 1.54 bits per heavy atom. The van der Waals surface area contributed by atoms with E-state index in [1.165, 1.54) is 5.48 Å². The maximum absolute atomic E-state index is 11.5. The van der Waals surface area contributed by atoms with Crippen molar-refractivity contribution in [1.29, 1.82) is 0 Å². The summed E-state index contributed by atoms with van der Waals surface area (Å²) in [5, 5.41) is 8.09. The van der Waals surface area contributed by atoms with Crippen molar-refractivity contribution in [1.82, 2.24) is 5.48 Å². The van der Waals surface area contributed by atoms with Crippen LogP contribution in [0, 0.1) is 0 Å². The van der Waals surface area contributed by atoms with Gasteiger partial charge in [-0.1, -0.05) is 0 Å². The van der Waals surface area contributed by atoms with Gasteiger partial charge in [-0.15, -0.1) is 0 Å². The van der Waals surface area contributed by atoms with Gasteiger partial charge in [-0.2, -0.15) is 13.2 Å². The van der Waals surface area contributed by atoms with Crippen molar-refractivity contribution >= 4 is 5.96 Å². The first-order valence-corrected chi connectivity index (χ1v) is 3.30. The topological polar surface area (TPSA) is 79.9 Å². The Bertz CT molecular complexity index is 171. The number of aliphatic imine (C=N–C) groups is 1. The monoisotopic (exact) mass is 201 g/mol. The summed E-state index contributed by atoms with van der Waals surface area (Å²) in [5.74, 6) is -0.268. The van der Waals surface area contributed by atoms with Crippen LogP contribution >= 0.6 is 0 Å². The number of alkyl halides is 3. The van der Waals surface area contributed by atoms with Gasteiger partial charge in [0.25, 0.3) is 0 Å². The Kier molecular flexibility index (Phi) is 5.16. The molecule has 0 atom stereocenters. The minimum absolute atomic E-state index is 0.0462. The first-order valence-electron chi connectivity index (χ1n) is 3.30. The summed E-state index contributed by atoms with van der Waals surface area (Å²) in [6.07, 6.45) is -4.33. The third kappa shape index (κ3) is 8.89. The number of guanidine groups is 1. The lowest BCUT2D eigenvalue weighted by Gasteiger charge is -2.05. The first kappa shape index (κ1) is 12.0. The van der Waals surface area contributed by atoms with Gasteiger partial charge < -0.3 is 10.5 Å². The fourth-order valence-electron chi connectivity index (χ4n) is 0.454. The Morgan fingerprint density at radius 3 is 2.62 bits per heavy atom. The van der Waals surface area contributed by atoms with Crippen LogP contribution in [0.15, 0.2) is 4.99 Å². The minimum atomic E-state index is -4.33. The van der Waals surface area contributed by atoms with Gasteiger partial charge in [-0.3, -0.25) is 5.21 Å². The fourth-order valence-corrected chi connectivity index (χ4v) is 0.454. The summed E-state index contributed by atoms with van der Waals surface area (Å²) >= 11 is 0. The summed E-state index contributed by atoms with van der Waals surface area (Å²) in [5.41, 5.74) is 6.47. The lowest BCUT2D eigenvalue weighted by atomic mass is 10.6. The van der Waals surface area contributed by atoms with E-state index < -0.39 is 12.8 Å². The second-order valence-corrected chi connectivity index (χ2v) is 2.05. The van der Waals surface area contributed by atoms with Crippen molar-refractivity contribution in [2.75, 3.05) is 19.8 Å². The van der Waals surface area contributed by atoms with Crippen LogP contribution in [0.3, 0.4) is 0 Å². The number of ether oxygens (including phenoxy) is 1. The summed E-state index contributed by atoms with van der Waals surface area (Å²) < 4.78 is 38.6. The second-order valence-electron chi connectivity index (χ2n) is 2.05. The molecule has 0 radical (unpaired) electrons. The first-order chi connectivity index (χ1) is 5.95. The average Bonchev–Trinajstić information content (AvgIpc) is 2.01. The summed E-state index contributed by atoms with van der Waals surface area (Å²) in [7, 11) is 0. The predicted molar refractivity (Wildman–Crippen MR) is 38.3 cm³/mol. The van der Waals surface area contributed by atoms with Gasteiger partial charge in [0, 0.05) is 0 Å². The molecule has 0 amide bonds. The van der Waals surface area contributed by atoms with E-state index in [1.54, 1.807) is 0 Å².